The Hall–Kier alpha value is -1.29. The SMILES string of the molecule is CCCN(C)c1nc(Cl)ccc1C(=O)NC1CCCCC1. The van der Waals surface area contributed by atoms with Crippen molar-refractivity contribution in [3.63, 3.8) is 0 Å². The number of carbonyl (C=O) groups excluding carboxylic acids is 1. The number of halogens is 1. The molecular formula is C16H24ClN3O. The van der Waals surface area contributed by atoms with E-state index >= 15 is 0 Å². The first kappa shape index (κ1) is 16.1. The molecule has 0 atom stereocenters. The molecule has 1 aromatic heterocycles. The molecule has 0 bridgehead atoms. The lowest BCUT2D eigenvalue weighted by atomic mass is 9.95. The average molecular weight is 310 g/mol. The summed E-state index contributed by atoms with van der Waals surface area (Å²) in [5.74, 6) is 0.627. The van der Waals surface area contributed by atoms with Crippen molar-refractivity contribution in [2.75, 3.05) is 18.5 Å². The normalized spacial score (nSPS) is 15.8. The molecule has 1 heterocycles. The van der Waals surface area contributed by atoms with Gasteiger partial charge in [0.1, 0.15) is 11.0 Å². The molecule has 1 amide bonds. The molecule has 21 heavy (non-hydrogen) atoms. The second-order valence-electron chi connectivity index (χ2n) is 5.74. The van der Waals surface area contributed by atoms with Crippen LogP contribution in [0, 0.1) is 0 Å². The number of anilines is 1. The summed E-state index contributed by atoms with van der Waals surface area (Å²) in [6.45, 7) is 2.94. The minimum atomic E-state index is -0.0379. The number of hydrogen-bond donors (Lipinski definition) is 1. The lowest BCUT2D eigenvalue weighted by molar-refractivity contribution is 0.0928. The number of amides is 1. The van der Waals surface area contributed by atoms with Crippen molar-refractivity contribution in [2.24, 2.45) is 0 Å². The van der Waals surface area contributed by atoms with E-state index in [1.165, 1.54) is 19.3 Å². The topological polar surface area (TPSA) is 45.2 Å². The van der Waals surface area contributed by atoms with Crippen molar-refractivity contribution >= 4 is 23.3 Å². The quantitative estimate of drug-likeness (QED) is 0.845. The van der Waals surface area contributed by atoms with E-state index in [0.29, 0.717) is 22.6 Å². The molecule has 1 aliphatic carbocycles. The van der Waals surface area contributed by atoms with E-state index in [-0.39, 0.29) is 5.91 Å². The van der Waals surface area contributed by atoms with Crippen LogP contribution in [0.4, 0.5) is 5.82 Å². The van der Waals surface area contributed by atoms with Gasteiger partial charge in [-0.3, -0.25) is 4.79 Å². The Balaban J connectivity index is 2.15. The minimum Gasteiger partial charge on any atom is -0.359 e. The van der Waals surface area contributed by atoms with Crippen LogP contribution in [0.5, 0.6) is 0 Å². The summed E-state index contributed by atoms with van der Waals surface area (Å²) in [6.07, 6.45) is 6.83. The molecule has 1 N–H and O–H groups in total. The van der Waals surface area contributed by atoms with Gasteiger partial charge in [0.25, 0.3) is 5.91 Å². The van der Waals surface area contributed by atoms with Crippen LogP contribution in [0.15, 0.2) is 12.1 Å². The summed E-state index contributed by atoms with van der Waals surface area (Å²) < 4.78 is 0. The van der Waals surface area contributed by atoms with Crippen molar-refractivity contribution in [3.05, 3.63) is 22.8 Å². The molecule has 4 nitrogen and oxygen atoms in total. The molecule has 1 fully saturated rings. The largest absolute Gasteiger partial charge is 0.359 e. The molecule has 0 aromatic carbocycles. The van der Waals surface area contributed by atoms with E-state index in [1.54, 1.807) is 12.1 Å². The minimum absolute atomic E-state index is 0.0379. The summed E-state index contributed by atoms with van der Waals surface area (Å²) >= 11 is 5.99. The lowest BCUT2D eigenvalue weighted by Crippen LogP contribution is -2.37. The number of nitrogens with zero attached hydrogens (tertiary/aromatic N) is 2. The summed E-state index contributed by atoms with van der Waals surface area (Å²) in [5, 5.41) is 3.56. The van der Waals surface area contributed by atoms with Crippen LogP contribution in [0.2, 0.25) is 5.15 Å². The Bertz CT molecular complexity index is 486. The number of rotatable bonds is 5. The number of pyridine rings is 1. The highest BCUT2D eigenvalue weighted by Gasteiger charge is 2.20. The second kappa shape index (κ2) is 7.64. The van der Waals surface area contributed by atoms with Gasteiger partial charge in [0.05, 0.1) is 5.56 Å². The molecule has 0 spiro atoms. The molecule has 1 saturated carbocycles. The Kier molecular flexibility index (Phi) is 5.85. The first-order chi connectivity index (χ1) is 10.1. The van der Waals surface area contributed by atoms with Crippen LogP contribution < -0.4 is 10.2 Å². The monoisotopic (exact) mass is 309 g/mol. The van der Waals surface area contributed by atoms with Crippen LogP contribution in [-0.4, -0.2) is 30.5 Å². The molecule has 0 aliphatic heterocycles. The Morgan fingerprint density at radius 3 is 2.76 bits per heavy atom. The predicted octanol–water partition coefficient (Wildman–Crippen LogP) is 3.64. The number of nitrogens with one attached hydrogen (secondary N) is 1. The fourth-order valence-corrected chi connectivity index (χ4v) is 2.99. The molecule has 1 aliphatic rings. The van der Waals surface area contributed by atoms with Crippen molar-refractivity contribution in [1.82, 2.24) is 10.3 Å². The van der Waals surface area contributed by atoms with Gasteiger partial charge < -0.3 is 10.2 Å². The molecule has 0 radical (unpaired) electrons. The van der Waals surface area contributed by atoms with E-state index in [0.717, 1.165) is 25.8 Å². The Morgan fingerprint density at radius 2 is 2.10 bits per heavy atom. The maximum absolute atomic E-state index is 12.5. The Labute approximate surface area is 131 Å². The Morgan fingerprint density at radius 1 is 1.38 bits per heavy atom. The van der Waals surface area contributed by atoms with Gasteiger partial charge in [0.2, 0.25) is 0 Å². The van der Waals surface area contributed by atoms with Crippen LogP contribution in [0.3, 0.4) is 0 Å². The molecule has 116 valence electrons. The number of aromatic nitrogens is 1. The first-order valence-electron chi connectivity index (χ1n) is 7.80. The molecular weight excluding hydrogens is 286 g/mol. The highest BCUT2D eigenvalue weighted by molar-refractivity contribution is 6.29. The molecule has 0 unspecified atom stereocenters. The van der Waals surface area contributed by atoms with Gasteiger partial charge in [-0.2, -0.15) is 0 Å². The third kappa shape index (κ3) is 4.34. The van der Waals surface area contributed by atoms with Crippen LogP contribution >= 0.6 is 11.6 Å². The zero-order valence-electron chi connectivity index (χ0n) is 12.9. The van der Waals surface area contributed by atoms with Crippen LogP contribution in [0.25, 0.3) is 0 Å². The first-order valence-corrected chi connectivity index (χ1v) is 8.18. The third-order valence-corrected chi connectivity index (χ3v) is 4.16. The van der Waals surface area contributed by atoms with E-state index < -0.39 is 0 Å². The van der Waals surface area contributed by atoms with Gasteiger partial charge in [0.15, 0.2) is 0 Å². The van der Waals surface area contributed by atoms with Gasteiger partial charge in [-0.05, 0) is 31.4 Å². The van der Waals surface area contributed by atoms with Crippen molar-refractivity contribution < 1.29 is 4.79 Å². The molecule has 1 aromatic rings. The highest BCUT2D eigenvalue weighted by atomic mass is 35.5. The van der Waals surface area contributed by atoms with E-state index in [9.17, 15) is 4.79 Å². The van der Waals surface area contributed by atoms with E-state index in [1.807, 2.05) is 11.9 Å². The summed E-state index contributed by atoms with van der Waals surface area (Å²) in [4.78, 5) is 18.9. The van der Waals surface area contributed by atoms with Gasteiger partial charge in [-0.1, -0.05) is 37.8 Å². The molecule has 2 rings (SSSR count). The van der Waals surface area contributed by atoms with E-state index in [2.05, 4.69) is 17.2 Å². The highest BCUT2D eigenvalue weighted by Crippen LogP contribution is 2.22. The predicted molar refractivity (Wildman–Crippen MR) is 87.1 cm³/mol. The van der Waals surface area contributed by atoms with Gasteiger partial charge >= 0.3 is 0 Å². The second-order valence-corrected chi connectivity index (χ2v) is 6.12. The van der Waals surface area contributed by atoms with Crippen molar-refractivity contribution in [2.45, 2.75) is 51.5 Å². The fraction of sp³-hybridized carbons (Fsp3) is 0.625. The van der Waals surface area contributed by atoms with Crippen LogP contribution in [0.1, 0.15) is 55.8 Å². The summed E-state index contributed by atoms with van der Waals surface area (Å²) in [6, 6.07) is 3.75. The summed E-state index contributed by atoms with van der Waals surface area (Å²) in [7, 11) is 1.94. The smallest absolute Gasteiger partial charge is 0.255 e. The number of carbonyl (C=O) groups is 1. The fourth-order valence-electron chi connectivity index (χ4n) is 2.84. The molecule has 5 heteroatoms. The maximum Gasteiger partial charge on any atom is 0.255 e. The van der Waals surface area contributed by atoms with Gasteiger partial charge in [-0.15, -0.1) is 0 Å². The third-order valence-electron chi connectivity index (χ3n) is 3.95. The molecule has 0 saturated heterocycles. The standard InChI is InChI=1S/C16H24ClN3O/c1-3-11-20(2)15-13(9-10-14(17)19-15)16(21)18-12-7-5-4-6-8-12/h9-10,12H,3-8,11H2,1-2H3,(H,18,21). The summed E-state index contributed by atoms with van der Waals surface area (Å²) in [5.41, 5.74) is 0.612. The van der Waals surface area contributed by atoms with E-state index in [4.69, 9.17) is 11.6 Å². The average Bonchev–Trinajstić information content (AvgIpc) is 2.48. The number of hydrogen-bond acceptors (Lipinski definition) is 3. The zero-order chi connectivity index (χ0) is 15.2. The van der Waals surface area contributed by atoms with Gasteiger partial charge in [-0.25, -0.2) is 4.98 Å². The lowest BCUT2D eigenvalue weighted by Gasteiger charge is -2.25. The van der Waals surface area contributed by atoms with Crippen molar-refractivity contribution in [1.29, 1.82) is 0 Å². The van der Waals surface area contributed by atoms with Crippen LogP contribution in [-0.2, 0) is 0 Å². The maximum atomic E-state index is 12.5. The van der Waals surface area contributed by atoms with Gasteiger partial charge in [0, 0.05) is 19.6 Å². The van der Waals surface area contributed by atoms with Crippen molar-refractivity contribution in [3.8, 4) is 0 Å². The zero-order valence-corrected chi connectivity index (χ0v) is 13.6.